The van der Waals surface area contributed by atoms with Crippen LogP contribution in [0.2, 0.25) is 0 Å². The van der Waals surface area contributed by atoms with Crippen molar-refractivity contribution in [3.63, 3.8) is 0 Å². The van der Waals surface area contributed by atoms with Crippen LogP contribution in [0.4, 0.5) is 0 Å². The molecule has 1 saturated carbocycles. The molecule has 0 aromatic rings. The Morgan fingerprint density at radius 1 is 1.18 bits per heavy atom. The van der Waals surface area contributed by atoms with Crippen molar-refractivity contribution in [1.29, 1.82) is 0 Å². The van der Waals surface area contributed by atoms with Crippen LogP contribution in [-0.2, 0) is 0 Å². The van der Waals surface area contributed by atoms with Crippen LogP contribution < -0.4 is 5.32 Å². The van der Waals surface area contributed by atoms with Gasteiger partial charge in [-0.05, 0) is 44.2 Å². The summed E-state index contributed by atoms with van der Waals surface area (Å²) in [6.07, 6.45) is 12.2. The minimum atomic E-state index is 0.538. The molecular formula is C14H28N2S. The molecule has 0 aromatic heterocycles. The van der Waals surface area contributed by atoms with E-state index in [1.165, 1.54) is 76.9 Å². The smallest absolute Gasteiger partial charge is 0.0334 e. The lowest BCUT2D eigenvalue weighted by Crippen LogP contribution is -2.62. The van der Waals surface area contributed by atoms with E-state index in [0.717, 1.165) is 0 Å². The summed E-state index contributed by atoms with van der Waals surface area (Å²) in [5.74, 6) is 1.33. The van der Waals surface area contributed by atoms with Crippen molar-refractivity contribution < 1.29 is 0 Å². The minimum absolute atomic E-state index is 0.538. The maximum atomic E-state index is 3.63. The summed E-state index contributed by atoms with van der Waals surface area (Å²) in [6.45, 7) is 5.06. The molecule has 1 spiro atoms. The second-order valence-electron chi connectivity index (χ2n) is 5.65. The number of rotatable bonds is 5. The first-order valence-electron chi connectivity index (χ1n) is 7.32. The monoisotopic (exact) mass is 256 g/mol. The molecule has 2 rings (SSSR count). The highest BCUT2D eigenvalue weighted by Gasteiger charge is 2.38. The molecule has 0 bridgehead atoms. The molecule has 1 aliphatic carbocycles. The maximum Gasteiger partial charge on any atom is 0.0334 e. The van der Waals surface area contributed by atoms with Crippen LogP contribution in [0.1, 0.15) is 44.9 Å². The van der Waals surface area contributed by atoms with Gasteiger partial charge in [0.15, 0.2) is 0 Å². The highest BCUT2D eigenvalue weighted by atomic mass is 32.2. The van der Waals surface area contributed by atoms with Gasteiger partial charge in [0.1, 0.15) is 0 Å². The molecule has 0 aromatic carbocycles. The Hall–Kier alpha value is 0.270. The Kier molecular flexibility index (Phi) is 5.64. The van der Waals surface area contributed by atoms with Gasteiger partial charge in [-0.15, -0.1) is 0 Å². The molecule has 100 valence electrons. The summed E-state index contributed by atoms with van der Waals surface area (Å²) in [5, 5.41) is 3.63. The Morgan fingerprint density at radius 3 is 2.76 bits per heavy atom. The van der Waals surface area contributed by atoms with Crippen LogP contribution in [0, 0.1) is 0 Å². The highest BCUT2D eigenvalue weighted by Crippen LogP contribution is 2.34. The summed E-state index contributed by atoms with van der Waals surface area (Å²) >= 11 is 1.98. The first-order chi connectivity index (χ1) is 8.37. The van der Waals surface area contributed by atoms with Crippen molar-refractivity contribution >= 4 is 11.8 Å². The number of unbranched alkanes of at least 4 members (excludes halogenated alkanes) is 1. The Balaban J connectivity index is 1.83. The van der Waals surface area contributed by atoms with Crippen molar-refractivity contribution in [2.24, 2.45) is 0 Å². The summed E-state index contributed by atoms with van der Waals surface area (Å²) in [4.78, 5) is 2.82. The average molecular weight is 256 g/mol. The van der Waals surface area contributed by atoms with E-state index in [2.05, 4.69) is 16.5 Å². The summed E-state index contributed by atoms with van der Waals surface area (Å²) in [6, 6.07) is 0. The zero-order chi connectivity index (χ0) is 12.0. The molecule has 0 radical (unpaired) electrons. The molecule has 1 aliphatic heterocycles. The lowest BCUT2D eigenvalue weighted by Gasteiger charge is -2.50. The molecule has 1 heterocycles. The third kappa shape index (κ3) is 3.62. The molecular weight excluding hydrogens is 228 g/mol. The normalized spacial score (nSPS) is 25.2. The van der Waals surface area contributed by atoms with Crippen molar-refractivity contribution in [2.45, 2.75) is 50.5 Å². The van der Waals surface area contributed by atoms with Gasteiger partial charge in [0.05, 0.1) is 0 Å². The fourth-order valence-electron chi connectivity index (χ4n) is 3.48. The van der Waals surface area contributed by atoms with Crippen LogP contribution >= 0.6 is 11.8 Å². The number of piperazine rings is 1. The Bertz CT molecular complexity index is 206. The molecule has 2 fully saturated rings. The summed E-state index contributed by atoms with van der Waals surface area (Å²) < 4.78 is 0. The Morgan fingerprint density at radius 2 is 2.00 bits per heavy atom. The second kappa shape index (κ2) is 7.01. The Labute approximate surface area is 111 Å². The first kappa shape index (κ1) is 13.7. The van der Waals surface area contributed by atoms with Crippen LogP contribution in [0.5, 0.6) is 0 Å². The predicted octanol–water partition coefficient (Wildman–Crippen LogP) is 2.74. The van der Waals surface area contributed by atoms with E-state index >= 15 is 0 Å². The zero-order valence-electron chi connectivity index (χ0n) is 11.3. The van der Waals surface area contributed by atoms with Gasteiger partial charge in [0, 0.05) is 25.2 Å². The van der Waals surface area contributed by atoms with Gasteiger partial charge >= 0.3 is 0 Å². The molecule has 0 atom stereocenters. The number of hydrogen-bond acceptors (Lipinski definition) is 3. The lowest BCUT2D eigenvalue weighted by atomic mass is 9.79. The van der Waals surface area contributed by atoms with Gasteiger partial charge in [-0.25, -0.2) is 0 Å². The largest absolute Gasteiger partial charge is 0.314 e. The van der Waals surface area contributed by atoms with Gasteiger partial charge in [0.25, 0.3) is 0 Å². The summed E-state index contributed by atoms with van der Waals surface area (Å²) in [5.41, 5.74) is 0.538. The van der Waals surface area contributed by atoms with E-state index in [4.69, 9.17) is 0 Å². The van der Waals surface area contributed by atoms with Gasteiger partial charge in [-0.2, -0.15) is 11.8 Å². The lowest BCUT2D eigenvalue weighted by molar-refractivity contribution is 0.0268. The average Bonchev–Trinajstić information content (AvgIpc) is 2.38. The van der Waals surface area contributed by atoms with E-state index in [1.807, 2.05) is 11.8 Å². The van der Waals surface area contributed by atoms with E-state index in [1.54, 1.807) is 0 Å². The van der Waals surface area contributed by atoms with Crippen LogP contribution in [0.3, 0.4) is 0 Å². The zero-order valence-corrected chi connectivity index (χ0v) is 12.2. The third-order valence-corrected chi connectivity index (χ3v) is 5.19. The maximum absolute atomic E-state index is 3.63. The highest BCUT2D eigenvalue weighted by molar-refractivity contribution is 7.98. The molecule has 2 nitrogen and oxygen atoms in total. The van der Waals surface area contributed by atoms with Crippen molar-refractivity contribution in [2.75, 3.05) is 38.2 Å². The van der Waals surface area contributed by atoms with Gasteiger partial charge < -0.3 is 5.32 Å². The molecule has 17 heavy (non-hydrogen) atoms. The molecule has 1 saturated heterocycles. The number of hydrogen-bond donors (Lipinski definition) is 1. The standard InChI is InChI=1S/C14H28N2S/c1-17-12-6-5-10-16-11-9-15-13-14(16)7-3-2-4-8-14/h15H,2-13H2,1H3. The molecule has 2 aliphatic rings. The number of nitrogens with one attached hydrogen (secondary N) is 1. The number of nitrogens with zero attached hydrogens (tertiary/aromatic N) is 1. The van der Waals surface area contributed by atoms with Gasteiger partial charge in [-0.1, -0.05) is 19.3 Å². The molecule has 0 unspecified atom stereocenters. The minimum Gasteiger partial charge on any atom is -0.314 e. The third-order valence-electron chi connectivity index (χ3n) is 4.49. The fourth-order valence-corrected chi connectivity index (χ4v) is 3.98. The first-order valence-corrected chi connectivity index (χ1v) is 8.71. The van der Waals surface area contributed by atoms with Gasteiger partial charge in [-0.3, -0.25) is 4.90 Å². The summed E-state index contributed by atoms with van der Waals surface area (Å²) in [7, 11) is 0. The van der Waals surface area contributed by atoms with Crippen molar-refractivity contribution in [3.05, 3.63) is 0 Å². The van der Waals surface area contributed by atoms with E-state index in [0.29, 0.717) is 5.54 Å². The van der Waals surface area contributed by atoms with E-state index in [-0.39, 0.29) is 0 Å². The second-order valence-corrected chi connectivity index (χ2v) is 6.63. The van der Waals surface area contributed by atoms with Gasteiger partial charge in [0.2, 0.25) is 0 Å². The van der Waals surface area contributed by atoms with Crippen molar-refractivity contribution in [3.8, 4) is 0 Å². The van der Waals surface area contributed by atoms with Crippen molar-refractivity contribution in [1.82, 2.24) is 10.2 Å². The topological polar surface area (TPSA) is 15.3 Å². The van der Waals surface area contributed by atoms with Crippen LogP contribution in [0.25, 0.3) is 0 Å². The van der Waals surface area contributed by atoms with E-state index in [9.17, 15) is 0 Å². The molecule has 3 heteroatoms. The molecule has 1 N–H and O–H groups in total. The SMILES string of the molecule is CSCCCCN1CCNCC12CCCCC2. The number of thioether (sulfide) groups is 1. The van der Waals surface area contributed by atoms with Crippen LogP contribution in [0.15, 0.2) is 0 Å². The predicted molar refractivity (Wildman–Crippen MR) is 77.9 cm³/mol. The quantitative estimate of drug-likeness (QED) is 0.762. The fraction of sp³-hybridized carbons (Fsp3) is 1.00. The van der Waals surface area contributed by atoms with E-state index < -0.39 is 0 Å². The van der Waals surface area contributed by atoms with Crippen LogP contribution in [-0.4, -0.2) is 48.6 Å². The molecule has 0 amide bonds.